The van der Waals surface area contributed by atoms with Crippen molar-refractivity contribution >= 4 is 23.4 Å². The number of para-hydroxylation sites is 1. The summed E-state index contributed by atoms with van der Waals surface area (Å²) in [6.07, 6.45) is 0. The lowest BCUT2D eigenvalue weighted by Gasteiger charge is -2.31. The van der Waals surface area contributed by atoms with E-state index >= 15 is 0 Å². The number of hydrogen-bond acceptors (Lipinski definition) is 4. The molecule has 6 nitrogen and oxygen atoms in total. The van der Waals surface area contributed by atoms with Gasteiger partial charge in [0.1, 0.15) is 11.8 Å². The molecule has 0 aliphatic heterocycles. The van der Waals surface area contributed by atoms with Gasteiger partial charge in [0.05, 0.1) is 11.6 Å². The fourth-order valence-corrected chi connectivity index (χ4v) is 3.46. The number of nitrogens with zero attached hydrogens (tertiary/aromatic N) is 1. The molecule has 0 bridgehead atoms. The summed E-state index contributed by atoms with van der Waals surface area (Å²) in [5.74, 6) is -0.364. The summed E-state index contributed by atoms with van der Waals surface area (Å²) in [5.41, 5.74) is 1.53. The predicted molar refractivity (Wildman–Crippen MR) is 123 cm³/mol. The predicted octanol–water partition coefficient (Wildman–Crippen LogP) is 3.60. The standard InChI is InChI=1S/C25H25ClN2O4/c26-21-13-7-8-14-22(21)32-18-23(30)28(17-19-9-3-1-4-10-19)24(25(31)27-15-16-29)20-11-5-2-6-12-20/h1-14,24,29H,15-18H2,(H,27,31)/t24-/m1/s1. The van der Waals surface area contributed by atoms with Gasteiger partial charge >= 0.3 is 0 Å². The van der Waals surface area contributed by atoms with E-state index in [0.29, 0.717) is 16.3 Å². The van der Waals surface area contributed by atoms with Crippen molar-refractivity contribution in [1.82, 2.24) is 10.2 Å². The normalized spacial score (nSPS) is 11.4. The second-order valence-electron chi connectivity index (χ2n) is 7.05. The minimum absolute atomic E-state index is 0.0889. The van der Waals surface area contributed by atoms with Crippen LogP contribution in [-0.2, 0) is 16.1 Å². The minimum atomic E-state index is -0.898. The zero-order chi connectivity index (χ0) is 22.8. The highest BCUT2D eigenvalue weighted by Crippen LogP contribution is 2.26. The fraction of sp³-hybridized carbons (Fsp3) is 0.200. The number of rotatable bonds is 10. The summed E-state index contributed by atoms with van der Waals surface area (Å²) in [6.45, 7) is -0.188. The van der Waals surface area contributed by atoms with Crippen molar-refractivity contribution in [3.05, 3.63) is 101 Å². The number of ether oxygens (including phenoxy) is 1. The van der Waals surface area contributed by atoms with E-state index in [9.17, 15) is 9.59 Å². The van der Waals surface area contributed by atoms with E-state index in [0.717, 1.165) is 5.56 Å². The molecule has 1 atom stereocenters. The highest BCUT2D eigenvalue weighted by atomic mass is 35.5. The zero-order valence-corrected chi connectivity index (χ0v) is 18.2. The SMILES string of the molecule is O=C(NCCO)[C@@H](c1ccccc1)N(Cc1ccccc1)C(=O)COc1ccccc1Cl. The van der Waals surface area contributed by atoms with Crippen molar-refractivity contribution in [2.45, 2.75) is 12.6 Å². The van der Waals surface area contributed by atoms with Gasteiger partial charge in [-0.05, 0) is 23.3 Å². The number of aliphatic hydroxyl groups is 1. The topological polar surface area (TPSA) is 78.9 Å². The number of carbonyl (C=O) groups excluding carboxylic acids is 2. The van der Waals surface area contributed by atoms with Crippen molar-refractivity contribution in [2.75, 3.05) is 19.8 Å². The van der Waals surface area contributed by atoms with E-state index < -0.39 is 6.04 Å². The fourth-order valence-electron chi connectivity index (χ4n) is 3.27. The van der Waals surface area contributed by atoms with Crippen LogP contribution in [0.5, 0.6) is 5.75 Å². The third-order valence-corrected chi connectivity index (χ3v) is 5.10. The Morgan fingerprint density at radius 3 is 2.22 bits per heavy atom. The van der Waals surface area contributed by atoms with Gasteiger partial charge in [-0.15, -0.1) is 0 Å². The van der Waals surface area contributed by atoms with Crippen molar-refractivity contribution in [1.29, 1.82) is 0 Å². The Morgan fingerprint density at radius 2 is 1.56 bits per heavy atom. The van der Waals surface area contributed by atoms with Crippen LogP contribution >= 0.6 is 11.6 Å². The van der Waals surface area contributed by atoms with E-state index in [2.05, 4.69) is 5.32 Å². The van der Waals surface area contributed by atoms with Crippen LogP contribution in [-0.4, -0.2) is 41.6 Å². The average molecular weight is 453 g/mol. The van der Waals surface area contributed by atoms with E-state index in [-0.39, 0.29) is 38.1 Å². The van der Waals surface area contributed by atoms with Crippen LogP contribution < -0.4 is 10.1 Å². The molecule has 3 aromatic rings. The molecular formula is C25H25ClN2O4. The third-order valence-electron chi connectivity index (χ3n) is 4.79. The number of nitrogens with one attached hydrogen (secondary N) is 1. The first-order chi connectivity index (χ1) is 15.6. The number of benzene rings is 3. The molecule has 2 N–H and O–H groups in total. The lowest BCUT2D eigenvalue weighted by Crippen LogP contribution is -2.45. The van der Waals surface area contributed by atoms with Crippen LogP contribution in [0.1, 0.15) is 17.2 Å². The largest absolute Gasteiger partial charge is 0.482 e. The molecule has 0 fully saturated rings. The molecule has 32 heavy (non-hydrogen) atoms. The van der Waals surface area contributed by atoms with E-state index in [1.54, 1.807) is 36.4 Å². The molecule has 0 aromatic heterocycles. The van der Waals surface area contributed by atoms with Gasteiger partial charge < -0.3 is 20.1 Å². The average Bonchev–Trinajstić information content (AvgIpc) is 2.83. The van der Waals surface area contributed by atoms with Crippen molar-refractivity contribution in [2.24, 2.45) is 0 Å². The Kier molecular flexibility index (Phi) is 8.66. The highest BCUT2D eigenvalue weighted by Gasteiger charge is 2.31. The first-order valence-corrected chi connectivity index (χ1v) is 10.6. The van der Waals surface area contributed by atoms with Crippen LogP contribution in [0.3, 0.4) is 0 Å². The van der Waals surface area contributed by atoms with Gasteiger partial charge in [-0.2, -0.15) is 0 Å². The summed E-state index contributed by atoms with van der Waals surface area (Å²) >= 11 is 6.15. The Balaban J connectivity index is 1.91. The maximum absolute atomic E-state index is 13.4. The van der Waals surface area contributed by atoms with Crippen molar-refractivity contribution in [3.8, 4) is 5.75 Å². The molecule has 0 heterocycles. The van der Waals surface area contributed by atoms with Crippen LogP contribution in [0.2, 0.25) is 5.02 Å². The highest BCUT2D eigenvalue weighted by molar-refractivity contribution is 6.32. The molecule has 166 valence electrons. The summed E-state index contributed by atoms with van der Waals surface area (Å²) in [7, 11) is 0. The number of aliphatic hydroxyl groups excluding tert-OH is 1. The molecule has 0 aliphatic rings. The second kappa shape index (κ2) is 11.9. The number of carbonyl (C=O) groups is 2. The lowest BCUT2D eigenvalue weighted by atomic mass is 10.0. The van der Waals surface area contributed by atoms with Crippen LogP contribution in [0.15, 0.2) is 84.9 Å². The quantitative estimate of drug-likeness (QED) is 0.492. The Hall–Kier alpha value is -3.35. The molecule has 3 aromatic carbocycles. The molecule has 0 saturated heterocycles. The molecular weight excluding hydrogens is 428 g/mol. The summed E-state index contributed by atoms with van der Waals surface area (Å²) < 4.78 is 5.67. The maximum atomic E-state index is 13.4. The molecule has 0 aliphatic carbocycles. The number of hydrogen-bond donors (Lipinski definition) is 2. The van der Waals surface area contributed by atoms with Gasteiger partial charge in [-0.25, -0.2) is 0 Å². The van der Waals surface area contributed by atoms with Crippen molar-refractivity contribution in [3.63, 3.8) is 0 Å². The first kappa shape index (κ1) is 23.3. The van der Waals surface area contributed by atoms with Gasteiger partial charge in [-0.1, -0.05) is 84.4 Å². The van der Waals surface area contributed by atoms with E-state index in [4.69, 9.17) is 21.4 Å². The first-order valence-electron chi connectivity index (χ1n) is 10.2. The molecule has 0 saturated carbocycles. The monoisotopic (exact) mass is 452 g/mol. The van der Waals surface area contributed by atoms with Crippen LogP contribution in [0, 0.1) is 0 Å². The van der Waals surface area contributed by atoms with Gasteiger partial charge in [0, 0.05) is 13.1 Å². The molecule has 2 amide bonds. The van der Waals surface area contributed by atoms with E-state index in [1.165, 1.54) is 4.90 Å². The van der Waals surface area contributed by atoms with Crippen molar-refractivity contribution < 1.29 is 19.4 Å². The molecule has 7 heteroatoms. The minimum Gasteiger partial charge on any atom is -0.482 e. The second-order valence-corrected chi connectivity index (χ2v) is 7.46. The smallest absolute Gasteiger partial charge is 0.261 e. The Morgan fingerprint density at radius 1 is 0.938 bits per heavy atom. The van der Waals surface area contributed by atoms with Gasteiger partial charge in [0.2, 0.25) is 5.91 Å². The van der Waals surface area contributed by atoms with Crippen LogP contribution in [0.4, 0.5) is 0 Å². The Labute approximate surface area is 192 Å². The maximum Gasteiger partial charge on any atom is 0.261 e. The lowest BCUT2D eigenvalue weighted by molar-refractivity contribution is -0.143. The number of amides is 2. The van der Waals surface area contributed by atoms with E-state index in [1.807, 2.05) is 48.5 Å². The summed E-state index contributed by atoms with van der Waals surface area (Å²) in [5, 5.41) is 12.2. The van der Waals surface area contributed by atoms with Gasteiger partial charge in [0.15, 0.2) is 6.61 Å². The zero-order valence-electron chi connectivity index (χ0n) is 17.5. The Bertz CT molecular complexity index is 1010. The molecule has 0 radical (unpaired) electrons. The van der Waals surface area contributed by atoms with Crippen LogP contribution in [0.25, 0.3) is 0 Å². The third kappa shape index (κ3) is 6.33. The molecule has 3 rings (SSSR count). The van der Waals surface area contributed by atoms with Gasteiger partial charge in [0.25, 0.3) is 5.91 Å². The number of halogens is 1. The molecule has 0 unspecified atom stereocenters. The summed E-state index contributed by atoms with van der Waals surface area (Å²) in [4.78, 5) is 27.9. The summed E-state index contributed by atoms with van der Waals surface area (Å²) in [6, 6.07) is 24.5. The molecule has 0 spiro atoms. The van der Waals surface area contributed by atoms with Gasteiger partial charge in [-0.3, -0.25) is 9.59 Å².